The summed E-state index contributed by atoms with van der Waals surface area (Å²) in [5.41, 5.74) is 0.730. The van der Waals surface area contributed by atoms with E-state index in [4.69, 9.17) is 0 Å². The molecule has 2 rings (SSSR count). The summed E-state index contributed by atoms with van der Waals surface area (Å²) in [6.45, 7) is 0. The molecule has 0 atom stereocenters. The van der Waals surface area contributed by atoms with E-state index in [1.807, 2.05) is 0 Å². The van der Waals surface area contributed by atoms with Crippen LogP contribution in [0.3, 0.4) is 0 Å². The molecule has 17 heavy (non-hydrogen) atoms. The fraction of sp³-hybridized carbons (Fsp3) is 0.0833. The van der Waals surface area contributed by atoms with Gasteiger partial charge in [-0.15, -0.1) is 0 Å². The maximum absolute atomic E-state index is 13.4. The average Bonchev–Trinajstić information content (AvgIpc) is 2.68. The summed E-state index contributed by atoms with van der Waals surface area (Å²) in [7, 11) is 0. The van der Waals surface area contributed by atoms with Gasteiger partial charge in [-0.05, 0) is 27.6 Å². The molecule has 1 nitrogen and oxygen atoms in total. The predicted molar refractivity (Wildman–Crippen MR) is 66.4 cm³/mol. The number of carbonyl (C=O) groups is 1. The van der Waals surface area contributed by atoms with Gasteiger partial charge in [-0.1, -0.05) is 6.07 Å². The number of benzene rings is 1. The predicted octanol–water partition coefficient (Wildman–Crippen LogP) is 4.21. The molecule has 0 aliphatic carbocycles. The maximum atomic E-state index is 13.4. The lowest BCUT2D eigenvalue weighted by molar-refractivity contribution is 0.0991. The largest absolute Gasteiger partial charge is 0.294 e. The fourth-order valence-electron chi connectivity index (χ4n) is 1.41. The first kappa shape index (κ1) is 12.4. The molecule has 0 unspecified atom stereocenters. The van der Waals surface area contributed by atoms with Crippen molar-refractivity contribution in [2.45, 2.75) is 6.42 Å². The van der Waals surface area contributed by atoms with Crippen molar-refractivity contribution >= 4 is 33.0 Å². The first-order valence-electron chi connectivity index (χ1n) is 4.76. The Balaban J connectivity index is 2.22. The molecule has 1 aromatic heterocycles. The van der Waals surface area contributed by atoms with Crippen molar-refractivity contribution in [3.05, 3.63) is 56.2 Å². The van der Waals surface area contributed by atoms with Gasteiger partial charge in [0.2, 0.25) is 0 Å². The van der Waals surface area contributed by atoms with Crippen molar-refractivity contribution in [2.75, 3.05) is 0 Å². The first-order valence-corrected chi connectivity index (χ1v) is 6.50. The van der Waals surface area contributed by atoms with Crippen LogP contribution in [0.2, 0.25) is 0 Å². The topological polar surface area (TPSA) is 17.1 Å². The Morgan fingerprint density at radius 1 is 1.29 bits per heavy atom. The number of rotatable bonds is 3. The number of ketones is 1. The van der Waals surface area contributed by atoms with Gasteiger partial charge in [0.1, 0.15) is 11.6 Å². The van der Waals surface area contributed by atoms with E-state index in [2.05, 4.69) is 15.9 Å². The molecule has 88 valence electrons. The monoisotopic (exact) mass is 316 g/mol. The number of halogens is 3. The molecule has 0 aliphatic heterocycles. The standard InChI is InChI=1S/C12H7BrF2OS/c13-10-6-17-5-9(10)12(16)3-7-1-2-8(14)4-11(7)15/h1-2,4-6H,3H2. The van der Waals surface area contributed by atoms with Crippen molar-refractivity contribution in [3.63, 3.8) is 0 Å². The normalized spacial score (nSPS) is 10.5. The number of thiophene rings is 1. The van der Waals surface area contributed by atoms with Gasteiger partial charge >= 0.3 is 0 Å². The van der Waals surface area contributed by atoms with Crippen molar-refractivity contribution in [1.82, 2.24) is 0 Å². The molecular formula is C12H7BrF2OS. The molecule has 0 N–H and O–H groups in total. The Morgan fingerprint density at radius 3 is 2.65 bits per heavy atom. The summed E-state index contributed by atoms with van der Waals surface area (Å²) < 4.78 is 26.7. The van der Waals surface area contributed by atoms with Gasteiger partial charge in [-0.3, -0.25) is 4.79 Å². The van der Waals surface area contributed by atoms with E-state index in [1.54, 1.807) is 10.8 Å². The Labute approximate surface area is 109 Å². The Morgan fingerprint density at radius 2 is 2.06 bits per heavy atom. The zero-order chi connectivity index (χ0) is 12.4. The van der Waals surface area contributed by atoms with E-state index in [9.17, 15) is 13.6 Å². The highest BCUT2D eigenvalue weighted by molar-refractivity contribution is 9.10. The summed E-state index contributed by atoms with van der Waals surface area (Å²) >= 11 is 4.64. The van der Waals surface area contributed by atoms with E-state index >= 15 is 0 Å². The summed E-state index contributed by atoms with van der Waals surface area (Å²) in [5, 5.41) is 3.49. The smallest absolute Gasteiger partial charge is 0.169 e. The summed E-state index contributed by atoms with van der Waals surface area (Å²) in [4.78, 5) is 11.8. The lowest BCUT2D eigenvalue weighted by atomic mass is 10.0. The van der Waals surface area contributed by atoms with Crippen LogP contribution in [0.15, 0.2) is 33.4 Å². The second-order valence-corrected chi connectivity index (χ2v) is 5.07. The van der Waals surface area contributed by atoms with Crippen LogP contribution in [0.4, 0.5) is 8.78 Å². The van der Waals surface area contributed by atoms with Crippen LogP contribution in [-0.2, 0) is 6.42 Å². The highest BCUT2D eigenvalue weighted by Gasteiger charge is 2.14. The molecule has 0 radical (unpaired) electrons. The zero-order valence-electron chi connectivity index (χ0n) is 8.54. The molecule has 1 aromatic carbocycles. The summed E-state index contributed by atoms with van der Waals surface area (Å²) in [5.74, 6) is -1.52. The SMILES string of the molecule is O=C(Cc1ccc(F)cc1F)c1cscc1Br. The quantitative estimate of drug-likeness (QED) is 0.775. The highest BCUT2D eigenvalue weighted by atomic mass is 79.9. The van der Waals surface area contributed by atoms with E-state index in [0.29, 0.717) is 10.0 Å². The lowest BCUT2D eigenvalue weighted by Crippen LogP contribution is -2.05. The molecule has 0 saturated carbocycles. The molecule has 0 spiro atoms. The van der Waals surface area contributed by atoms with Crippen LogP contribution in [0.1, 0.15) is 15.9 Å². The van der Waals surface area contributed by atoms with Crippen molar-refractivity contribution < 1.29 is 13.6 Å². The third kappa shape index (κ3) is 2.79. The third-order valence-electron chi connectivity index (χ3n) is 2.28. The highest BCUT2D eigenvalue weighted by Crippen LogP contribution is 2.23. The fourth-order valence-corrected chi connectivity index (χ4v) is 2.93. The van der Waals surface area contributed by atoms with Crippen LogP contribution >= 0.6 is 27.3 Å². The van der Waals surface area contributed by atoms with Gasteiger partial charge in [0, 0.05) is 33.3 Å². The van der Waals surface area contributed by atoms with Crippen LogP contribution in [0.25, 0.3) is 0 Å². The lowest BCUT2D eigenvalue weighted by Gasteiger charge is -2.02. The minimum atomic E-state index is -0.690. The molecule has 1 heterocycles. The second kappa shape index (κ2) is 5.06. The van der Waals surface area contributed by atoms with Gasteiger partial charge < -0.3 is 0 Å². The second-order valence-electron chi connectivity index (χ2n) is 3.47. The minimum absolute atomic E-state index is 0.0680. The number of hydrogen-bond acceptors (Lipinski definition) is 2. The molecule has 0 saturated heterocycles. The maximum Gasteiger partial charge on any atom is 0.169 e. The number of hydrogen-bond donors (Lipinski definition) is 0. The Kier molecular flexibility index (Phi) is 3.69. The van der Waals surface area contributed by atoms with Gasteiger partial charge in [-0.25, -0.2) is 8.78 Å². The van der Waals surface area contributed by atoms with Crippen LogP contribution in [-0.4, -0.2) is 5.78 Å². The van der Waals surface area contributed by atoms with Gasteiger partial charge in [0.25, 0.3) is 0 Å². The molecule has 0 fully saturated rings. The van der Waals surface area contributed by atoms with E-state index < -0.39 is 11.6 Å². The third-order valence-corrected chi connectivity index (χ3v) is 3.98. The molecule has 0 bridgehead atoms. The van der Waals surface area contributed by atoms with Gasteiger partial charge in [0.05, 0.1) is 0 Å². The van der Waals surface area contributed by atoms with Gasteiger partial charge in [-0.2, -0.15) is 11.3 Å². The van der Waals surface area contributed by atoms with E-state index in [-0.39, 0.29) is 17.8 Å². The van der Waals surface area contributed by atoms with Crippen molar-refractivity contribution in [2.24, 2.45) is 0 Å². The minimum Gasteiger partial charge on any atom is -0.294 e. The first-order chi connectivity index (χ1) is 8.08. The van der Waals surface area contributed by atoms with Crippen LogP contribution in [0.5, 0.6) is 0 Å². The molecule has 0 aliphatic rings. The average molecular weight is 317 g/mol. The summed E-state index contributed by atoms with van der Waals surface area (Å²) in [6, 6.07) is 3.22. The van der Waals surface area contributed by atoms with E-state index in [0.717, 1.165) is 12.1 Å². The summed E-state index contributed by atoms with van der Waals surface area (Å²) in [6.07, 6.45) is -0.0680. The molecule has 5 heteroatoms. The molecule has 0 amide bonds. The van der Waals surface area contributed by atoms with E-state index in [1.165, 1.54) is 17.4 Å². The zero-order valence-corrected chi connectivity index (χ0v) is 10.9. The molecule has 2 aromatic rings. The Hall–Kier alpha value is -1.07. The van der Waals surface area contributed by atoms with Crippen molar-refractivity contribution in [3.8, 4) is 0 Å². The van der Waals surface area contributed by atoms with Gasteiger partial charge in [0.15, 0.2) is 5.78 Å². The number of carbonyl (C=O) groups excluding carboxylic acids is 1. The Bertz CT molecular complexity index is 565. The van der Waals surface area contributed by atoms with Crippen LogP contribution < -0.4 is 0 Å². The number of Topliss-reactive ketones (excluding diaryl/α,β-unsaturated/α-hetero) is 1. The van der Waals surface area contributed by atoms with Crippen molar-refractivity contribution in [1.29, 1.82) is 0 Å². The molecular weight excluding hydrogens is 310 g/mol. The van der Waals surface area contributed by atoms with Crippen LogP contribution in [0, 0.1) is 11.6 Å².